The zero-order chi connectivity index (χ0) is 19.3. The zero-order valence-electron chi connectivity index (χ0n) is 16.6. The van der Waals surface area contributed by atoms with Crippen molar-refractivity contribution in [3.63, 3.8) is 0 Å². The van der Waals surface area contributed by atoms with Gasteiger partial charge in [0.1, 0.15) is 0 Å². The van der Waals surface area contributed by atoms with Gasteiger partial charge in [-0.2, -0.15) is 0 Å². The highest BCUT2D eigenvalue weighted by Gasteiger charge is 2.27. The Labute approximate surface area is 161 Å². The van der Waals surface area contributed by atoms with Crippen LogP contribution in [0.3, 0.4) is 0 Å². The second kappa shape index (κ2) is 8.91. The van der Waals surface area contributed by atoms with Crippen molar-refractivity contribution in [1.29, 1.82) is 0 Å². The molecule has 2 N–H and O–H groups in total. The quantitative estimate of drug-likeness (QED) is 0.820. The van der Waals surface area contributed by atoms with Gasteiger partial charge < -0.3 is 15.1 Å². The number of carbonyl (C=O) groups is 2. The molecular formula is C20H32N3O2S+. The molecule has 1 aliphatic rings. The first-order valence-corrected chi connectivity index (χ1v) is 10.3. The third-order valence-electron chi connectivity index (χ3n) is 4.37. The minimum Gasteiger partial charge on any atom is -0.347 e. The third-order valence-corrected chi connectivity index (χ3v) is 5.61. The first-order chi connectivity index (χ1) is 12.2. The summed E-state index contributed by atoms with van der Waals surface area (Å²) >= 11 is 1.83. The molecule has 144 valence electrons. The summed E-state index contributed by atoms with van der Waals surface area (Å²) in [5.74, 6) is 0.0788. The molecule has 1 aromatic carbocycles. The highest BCUT2D eigenvalue weighted by molar-refractivity contribution is 8.00. The molecule has 5 nitrogen and oxygen atoms in total. The molecule has 0 aromatic heterocycles. The Kier molecular flexibility index (Phi) is 7.12. The van der Waals surface area contributed by atoms with E-state index in [9.17, 15) is 9.59 Å². The highest BCUT2D eigenvalue weighted by Crippen LogP contribution is 2.37. The fourth-order valence-corrected chi connectivity index (χ4v) is 4.17. The van der Waals surface area contributed by atoms with Crippen molar-refractivity contribution in [2.24, 2.45) is 0 Å². The number of hydrogen-bond donors (Lipinski definition) is 2. The molecule has 0 fully saturated rings. The first kappa shape index (κ1) is 20.8. The van der Waals surface area contributed by atoms with Gasteiger partial charge in [0.2, 0.25) is 0 Å². The van der Waals surface area contributed by atoms with Gasteiger partial charge in [-0.05, 0) is 46.2 Å². The van der Waals surface area contributed by atoms with Gasteiger partial charge in [0.05, 0.1) is 12.2 Å². The van der Waals surface area contributed by atoms with E-state index in [1.807, 2.05) is 62.6 Å². The molecule has 0 aliphatic carbocycles. The van der Waals surface area contributed by atoms with Crippen LogP contribution in [0.1, 0.15) is 41.0 Å². The Balaban J connectivity index is 2.06. The molecule has 1 aliphatic heterocycles. The van der Waals surface area contributed by atoms with Crippen molar-refractivity contribution in [1.82, 2.24) is 5.32 Å². The Hall–Kier alpha value is -1.53. The maximum Gasteiger partial charge on any atom is 0.282 e. The van der Waals surface area contributed by atoms with Gasteiger partial charge >= 0.3 is 0 Å². The molecular weight excluding hydrogens is 346 g/mol. The summed E-state index contributed by atoms with van der Waals surface area (Å²) in [4.78, 5) is 29.3. The summed E-state index contributed by atoms with van der Waals surface area (Å²) < 4.78 is 0. The maximum absolute atomic E-state index is 13.0. The second-order valence-electron chi connectivity index (χ2n) is 7.99. The fraction of sp³-hybridized carbons (Fsp3) is 0.600. The number of likely N-dealkylation sites (N-methyl/N-ethyl adjacent to an activating group) is 1. The number of nitrogens with one attached hydrogen (secondary N) is 2. The molecule has 2 amide bonds. The summed E-state index contributed by atoms with van der Waals surface area (Å²) in [6.45, 7) is 12.2. The number of amides is 2. The SMILES string of the molecule is CC[NH+](CC(=O)NC(C)(C)C)CC(=O)N1CC[C@@H](C)Sc2ccccc21. The number of para-hydroxylation sites is 1. The van der Waals surface area contributed by atoms with Crippen LogP contribution in [0.2, 0.25) is 0 Å². The molecule has 6 heteroatoms. The van der Waals surface area contributed by atoms with Crippen LogP contribution < -0.4 is 15.1 Å². The monoisotopic (exact) mass is 378 g/mol. The second-order valence-corrected chi connectivity index (χ2v) is 9.47. The molecule has 1 unspecified atom stereocenters. The molecule has 0 saturated heterocycles. The van der Waals surface area contributed by atoms with Crippen molar-refractivity contribution in [2.45, 2.75) is 56.7 Å². The number of benzene rings is 1. The predicted octanol–water partition coefficient (Wildman–Crippen LogP) is 1.72. The average molecular weight is 379 g/mol. The molecule has 1 aromatic rings. The number of rotatable bonds is 5. The van der Waals surface area contributed by atoms with Crippen LogP contribution in [0.15, 0.2) is 29.2 Å². The highest BCUT2D eigenvalue weighted by atomic mass is 32.2. The van der Waals surface area contributed by atoms with Gasteiger partial charge in [-0.1, -0.05) is 19.1 Å². The maximum atomic E-state index is 13.0. The standard InChI is InChI=1S/C20H31N3O2S/c1-6-22(13-18(24)21-20(3,4)5)14-19(25)23-12-11-15(2)26-17-10-8-7-9-16(17)23/h7-10,15H,6,11-14H2,1-5H3,(H,21,24)/p+1/t15-/m1/s1. The minimum absolute atomic E-state index is 0.0115. The number of thioether (sulfide) groups is 1. The molecule has 0 spiro atoms. The van der Waals surface area contributed by atoms with Crippen molar-refractivity contribution in [3.8, 4) is 0 Å². The van der Waals surface area contributed by atoms with Gasteiger partial charge in [0.15, 0.2) is 13.1 Å². The number of quaternary nitrogens is 1. The summed E-state index contributed by atoms with van der Waals surface area (Å²) in [6, 6.07) is 8.11. The molecule has 0 bridgehead atoms. The minimum atomic E-state index is -0.253. The number of hydrogen-bond acceptors (Lipinski definition) is 3. The topological polar surface area (TPSA) is 53.9 Å². The molecule has 2 atom stereocenters. The number of carbonyl (C=O) groups excluding carboxylic acids is 2. The van der Waals surface area contributed by atoms with Gasteiger partial charge in [0, 0.05) is 22.2 Å². The smallest absolute Gasteiger partial charge is 0.282 e. The van der Waals surface area contributed by atoms with Gasteiger partial charge in [-0.15, -0.1) is 11.8 Å². The zero-order valence-corrected chi connectivity index (χ0v) is 17.4. The van der Waals surface area contributed by atoms with E-state index in [0.717, 1.165) is 35.0 Å². The average Bonchev–Trinajstić information content (AvgIpc) is 2.70. The van der Waals surface area contributed by atoms with Crippen molar-refractivity contribution in [2.75, 3.05) is 31.1 Å². The Morgan fingerprint density at radius 2 is 1.96 bits per heavy atom. The molecule has 0 saturated carbocycles. The molecule has 0 radical (unpaired) electrons. The van der Waals surface area contributed by atoms with E-state index in [4.69, 9.17) is 0 Å². The predicted molar refractivity (Wildman–Crippen MR) is 108 cm³/mol. The summed E-state index contributed by atoms with van der Waals surface area (Å²) in [7, 11) is 0. The first-order valence-electron chi connectivity index (χ1n) is 9.40. The summed E-state index contributed by atoms with van der Waals surface area (Å²) in [5.41, 5.74) is 0.748. The van der Waals surface area contributed by atoms with E-state index in [1.54, 1.807) is 0 Å². The van der Waals surface area contributed by atoms with Crippen LogP contribution in [0.4, 0.5) is 5.69 Å². The lowest BCUT2D eigenvalue weighted by atomic mass is 10.1. The van der Waals surface area contributed by atoms with E-state index < -0.39 is 0 Å². The Morgan fingerprint density at radius 3 is 2.62 bits per heavy atom. The lowest BCUT2D eigenvalue weighted by Crippen LogP contribution is -3.14. The van der Waals surface area contributed by atoms with E-state index >= 15 is 0 Å². The van der Waals surface area contributed by atoms with Crippen LogP contribution in [-0.2, 0) is 9.59 Å². The number of anilines is 1. The number of nitrogens with zero attached hydrogens (tertiary/aromatic N) is 1. The van der Waals surface area contributed by atoms with Crippen molar-refractivity contribution < 1.29 is 14.5 Å². The van der Waals surface area contributed by atoms with Crippen molar-refractivity contribution in [3.05, 3.63) is 24.3 Å². The Bertz CT molecular complexity index is 642. The number of fused-ring (bicyclic) bond motifs is 1. The lowest BCUT2D eigenvalue weighted by Gasteiger charge is -2.26. The molecule has 2 rings (SSSR count). The van der Waals surface area contributed by atoms with Crippen molar-refractivity contribution >= 4 is 29.3 Å². The molecule has 26 heavy (non-hydrogen) atoms. The van der Waals surface area contributed by atoms with E-state index in [-0.39, 0.29) is 17.4 Å². The van der Waals surface area contributed by atoms with E-state index in [0.29, 0.717) is 18.3 Å². The van der Waals surface area contributed by atoms with Gasteiger partial charge in [-0.25, -0.2) is 0 Å². The van der Waals surface area contributed by atoms with Crippen LogP contribution in [0, 0.1) is 0 Å². The molecule has 1 heterocycles. The van der Waals surface area contributed by atoms with Gasteiger partial charge in [0.25, 0.3) is 11.8 Å². The fourth-order valence-electron chi connectivity index (χ4n) is 3.06. The Morgan fingerprint density at radius 1 is 1.27 bits per heavy atom. The largest absolute Gasteiger partial charge is 0.347 e. The van der Waals surface area contributed by atoms with E-state index in [1.165, 1.54) is 0 Å². The van der Waals surface area contributed by atoms with Crippen LogP contribution in [0.5, 0.6) is 0 Å². The normalized spacial score (nSPS) is 18.7. The summed E-state index contributed by atoms with van der Waals surface area (Å²) in [5, 5.41) is 3.47. The van der Waals surface area contributed by atoms with Crippen LogP contribution >= 0.6 is 11.8 Å². The van der Waals surface area contributed by atoms with Gasteiger partial charge in [-0.3, -0.25) is 9.59 Å². The van der Waals surface area contributed by atoms with E-state index in [2.05, 4.69) is 18.3 Å². The third kappa shape index (κ3) is 6.02. The van der Waals surface area contributed by atoms with Crippen LogP contribution in [0.25, 0.3) is 0 Å². The summed E-state index contributed by atoms with van der Waals surface area (Å²) in [6.07, 6.45) is 0.969. The van der Waals surface area contributed by atoms with Crippen LogP contribution in [-0.4, -0.2) is 48.8 Å². The lowest BCUT2D eigenvalue weighted by molar-refractivity contribution is -0.881.